The number of thiophene rings is 1. The van der Waals surface area contributed by atoms with Crippen LogP contribution in [0.15, 0.2) is 30.3 Å². The Kier molecular flexibility index (Phi) is 7.87. The van der Waals surface area contributed by atoms with Gasteiger partial charge in [0.05, 0.1) is 17.4 Å². The van der Waals surface area contributed by atoms with Crippen LogP contribution in [0.4, 0.5) is 0 Å². The fraction of sp³-hybridized carbons (Fsp3) is 0.458. The smallest absolute Gasteiger partial charge is 0.261 e. The number of nitrogens with one attached hydrogen (secondary N) is 1. The molecule has 1 amide bonds. The summed E-state index contributed by atoms with van der Waals surface area (Å²) in [5.41, 5.74) is 2.20. The van der Waals surface area contributed by atoms with Gasteiger partial charge in [-0.2, -0.15) is 4.98 Å². The summed E-state index contributed by atoms with van der Waals surface area (Å²) in [7, 11) is 3.18. The molecule has 2 aromatic heterocycles. The van der Waals surface area contributed by atoms with Gasteiger partial charge in [0, 0.05) is 52.9 Å². The highest BCUT2D eigenvalue weighted by Gasteiger charge is 2.22. The average Bonchev–Trinajstić information content (AvgIpc) is 3.17. The molecular weight excluding hydrogens is 438 g/mol. The molecule has 1 aliphatic heterocycles. The number of hydrogen-bond acceptors (Lipinski definition) is 8. The number of carbonyl (C=O) groups is 1. The molecule has 1 N–H and O–H groups in total. The van der Waals surface area contributed by atoms with Crippen LogP contribution >= 0.6 is 11.3 Å². The number of benzene rings is 1. The molecule has 8 nitrogen and oxygen atoms in total. The number of ether oxygens (including phenoxy) is 2. The lowest BCUT2D eigenvalue weighted by Crippen LogP contribution is -2.48. The molecule has 33 heavy (non-hydrogen) atoms. The maximum absolute atomic E-state index is 12.9. The molecular formula is C24H31N5O3S. The molecule has 3 heterocycles. The van der Waals surface area contributed by atoms with Gasteiger partial charge >= 0.3 is 0 Å². The number of methoxy groups -OCH3 is 2. The molecule has 176 valence electrons. The van der Waals surface area contributed by atoms with Crippen LogP contribution in [-0.2, 0) is 17.9 Å². The Morgan fingerprint density at radius 2 is 1.82 bits per heavy atom. The van der Waals surface area contributed by atoms with E-state index in [-0.39, 0.29) is 5.91 Å². The van der Waals surface area contributed by atoms with Gasteiger partial charge in [-0.1, -0.05) is 30.3 Å². The highest BCUT2D eigenvalue weighted by atomic mass is 32.1. The zero-order valence-corrected chi connectivity index (χ0v) is 20.3. The normalized spacial score (nSPS) is 15.1. The monoisotopic (exact) mass is 469 g/mol. The molecule has 0 bridgehead atoms. The van der Waals surface area contributed by atoms with Crippen molar-refractivity contribution in [2.24, 2.45) is 0 Å². The first kappa shape index (κ1) is 23.6. The lowest BCUT2D eigenvalue weighted by Gasteiger charge is -2.34. The second-order valence-electron chi connectivity index (χ2n) is 8.18. The predicted molar refractivity (Wildman–Crippen MR) is 130 cm³/mol. The third-order valence-corrected chi connectivity index (χ3v) is 7.09. The molecule has 1 aromatic carbocycles. The number of carbonyl (C=O) groups excluding carboxylic acids is 1. The van der Waals surface area contributed by atoms with Crippen LogP contribution in [0.1, 0.15) is 26.6 Å². The van der Waals surface area contributed by atoms with Gasteiger partial charge in [-0.05, 0) is 18.1 Å². The zero-order valence-electron chi connectivity index (χ0n) is 19.5. The van der Waals surface area contributed by atoms with Crippen molar-refractivity contribution in [3.8, 4) is 5.88 Å². The van der Waals surface area contributed by atoms with Gasteiger partial charge in [0.1, 0.15) is 11.4 Å². The Morgan fingerprint density at radius 1 is 1.09 bits per heavy atom. The molecule has 0 radical (unpaired) electrons. The topological polar surface area (TPSA) is 79.8 Å². The summed E-state index contributed by atoms with van der Waals surface area (Å²) < 4.78 is 10.6. The third kappa shape index (κ3) is 5.67. The zero-order chi connectivity index (χ0) is 23.2. The Labute approximate surface area is 198 Å². The number of aromatic nitrogens is 2. The van der Waals surface area contributed by atoms with Crippen LogP contribution in [0.25, 0.3) is 10.2 Å². The van der Waals surface area contributed by atoms with Crippen LogP contribution in [0, 0.1) is 6.92 Å². The number of nitrogens with zero attached hydrogens (tertiary/aromatic N) is 4. The summed E-state index contributed by atoms with van der Waals surface area (Å²) >= 11 is 1.37. The van der Waals surface area contributed by atoms with E-state index in [2.05, 4.69) is 55.4 Å². The highest BCUT2D eigenvalue weighted by molar-refractivity contribution is 7.20. The number of amides is 1. The summed E-state index contributed by atoms with van der Waals surface area (Å²) in [6.45, 7) is 8.78. The maximum Gasteiger partial charge on any atom is 0.261 e. The second-order valence-corrected chi connectivity index (χ2v) is 9.18. The van der Waals surface area contributed by atoms with Gasteiger partial charge in [0.25, 0.3) is 5.91 Å². The molecule has 3 aromatic rings. The largest absolute Gasteiger partial charge is 0.480 e. The lowest BCUT2D eigenvalue weighted by atomic mass is 10.2. The standard InChI is InChI=1S/C24H31N5O3S/c1-17-20-23(32-3)26-19(16-31-2)27-24(20)33-21(17)22(30)25-9-10-28-11-13-29(14-12-28)15-18-7-5-4-6-8-18/h4-8H,9-16H2,1-3H3,(H,25,30). The van der Waals surface area contributed by atoms with Crippen LogP contribution in [0.2, 0.25) is 0 Å². The van der Waals surface area contributed by atoms with E-state index < -0.39 is 0 Å². The van der Waals surface area contributed by atoms with Crippen molar-refractivity contribution < 1.29 is 14.3 Å². The first-order valence-electron chi connectivity index (χ1n) is 11.2. The number of aryl methyl sites for hydroxylation is 1. The lowest BCUT2D eigenvalue weighted by molar-refractivity contribution is 0.0937. The summed E-state index contributed by atoms with van der Waals surface area (Å²) in [4.78, 5) is 28.1. The van der Waals surface area contributed by atoms with E-state index in [1.807, 2.05) is 6.92 Å². The van der Waals surface area contributed by atoms with Crippen LogP contribution in [0.5, 0.6) is 5.88 Å². The van der Waals surface area contributed by atoms with Crippen molar-refractivity contribution in [1.82, 2.24) is 25.1 Å². The van der Waals surface area contributed by atoms with E-state index in [4.69, 9.17) is 9.47 Å². The summed E-state index contributed by atoms with van der Waals surface area (Å²) in [5, 5.41) is 3.87. The Bertz CT molecular complexity index is 1080. The SMILES string of the molecule is COCc1nc(OC)c2c(C)c(C(=O)NCCN3CCN(Cc4ccccc4)CC3)sc2n1. The number of fused-ring (bicyclic) bond motifs is 1. The van der Waals surface area contributed by atoms with Gasteiger partial charge in [-0.3, -0.25) is 14.6 Å². The Balaban J connectivity index is 1.30. The Morgan fingerprint density at radius 3 is 2.52 bits per heavy atom. The molecule has 0 atom stereocenters. The Hall–Kier alpha value is -2.59. The van der Waals surface area contributed by atoms with Gasteiger partial charge < -0.3 is 14.8 Å². The van der Waals surface area contributed by atoms with Crippen molar-refractivity contribution in [1.29, 1.82) is 0 Å². The number of piperazine rings is 1. The molecule has 1 fully saturated rings. The van der Waals surface area contributed by atoms with Gasteiger partial charge in [-0.25, -0.2) is 4.98 Å². The first-order valence-corrected chi connectivity index (χ1v) is 12.0. The van der Waals surface area contributed by atoms with Gasteiger partial charge in [0.15, 0.2) is 5.82 Å². The van der Waals surface area contributed by atoms with Crippen molar-refractivity contribution in [3.05, 3.63) is 52.2 Å². The quantitative estimate of drug-likeness (QED) is 0.516. The minimum Gasteiger partial charge on any atom is -0.480 e. The number of rotatable bonds is 9. The molecule has 9 heteroatoms. The van der Waals surface area contributed by atoms with Crippen molar-refractivity contribution in [2.45, 2.75) is 20.1 Å². The van der Waals surface area contributed by atoms with E-state index in [0.717, 1.165) is 55.0 Å². The number of hydrogen-bond donors (Lipinski definition) is 1. The summed E-state index contributed by atoms with van der Waals surface area (Å²) in [5.74, 6) is 0.947. The van der Waals surface area contributed by atoms with E-state index in [1.165, 1.54) is 16.9 Å². The minimum absolute atomic E-state index is 0.0754. The van der Waals surface area contributed by atoms with E-state index >= 15 is 0 Å². The summed E-state index contributed by atoms with van der Waals surface area (Å²) in [6, 6.07) is 10.6. The maximum atomic E-state index is 12.9. The van der Waals surface area contributed by atoms with Crippen molar-refractivity contribution in [2.75, 3.05) is 53.5 Å². The molecule has 0 unspecified atom stereocenters. The van der Waals surface area contributed by atoms with Crippen LogP contribution < -0.4 is 10.1 Å². The molecule has 0 spiro atoms. The first-order chi connectivity index (χ1) is 16.1. The van der Waals surface area contributed by atoms with E-state index in [0.29, 0.717) is 29.7 Å². The highest BCUT2D eigenvalue weighted by Crippen LogP contribution is 2.35. The molecule has 1 aliphatic rings. The average molecular weight is 470 g/mol. The van der Waals surface area contributed by atoms with E-state index in [1.54, 1.807) is 14.2 Å². The van der Waals surface area contributed by atoms with Crippen molar-refractivity contribution >= 4 is 27.5 Å². The fourth-order valence-corrected chi connectivity index (χ4v) is 5.23. The van der Waals surface area contributed by atoms with E-state index in [9.17, 15) is 4.79 Å². The molecule has 4 rings (SSSR count). The molecule has 0 aliphatic carbocycles. The molecule has 0 saturated carbocycles. The third-order valence-electron chi connectivity index (χ3n) is 5.90. The fourth-order valence-electron chi connectivity index (χ4n) is 4.12. The van der Waals surface area contributed by atoms with Crippen molar-refractivity contribution in [3.63, 3.8) is 0 Å². The van der Waals surface area contributed by atoms with Gasteiger partial charge in [-0.15, -0.1) is 11.3 Å². The van der Waals surface area contributed by atoms with Gasteiger partial charge in [0.2, 0.25) is 5.88 Å². The minimum atomic E-state index is -0.0754. The van der Waals surface area contributed by atoms with Crippen LogP contribution in [0.3, 0.4) is 0 Å². The second kappa shape index (κ2) is 11.0. The summed E-state index contributed by atoms with van der Waals surface area (Å²) in [6.07, 6.45) is 0. The molecule has 1 saturated heterocycles. The predicted octanol–water partition coefficient (Wildman–Crippen LogP) is 2.70. The van der Waals surface area contributed by atoms with Crippen LogP contribution in [-0.4, -0.2) is 79.2 Å².